The molecule has 1 fully saturated rings. The Labute approximate surface area is 199 Å². The van der Waals surface area contributed by atoms with Crippen LogP contribution in [0.25, 0.3) is 0 Å². The van der Waals surface area contributed by atoms with Gasteiger partial charge in [-0.2, -0.15) is 0 Å². The van der Waals surface area contributed by atoms with Gasteiger partial charge in [0.25, 0.3) is 0 Å². The van der Waals surface area contributed by atoms with Crippen LogP contribution in [0.1, 0.15) is 29.9 Å². The van der Waals surface area contributed by atoms with Crippen molar-refractivity contribution in [3.8, 4) is 23.0 Å². The lowest BCUT2D eigenvalue weighted by Gasteiger charge is -2.38. The Hall–Kier alpha value is -3.37. The Balaban J connectivity index is 1.52. The van der Waals surface area contributed by atoms with Crippen LogP contribution in [0.2, 0.25) is 0 Å². The SMILES string of the molecule is CCN1CCN([C@H](c2cc(OC)ccc2OC)c2nnnn2Cc2ccc3c(c2)OCO3)CC1. The second kappa shape index (κ2) is 9.86. The summed E-state index contributed by atoms with van der Waals surface area (Å²) < 4.78 is 24.2. The minimum Gasteiger partial charge on any atom is -0.497 e. The minimum absolute atomic E-state index is 0.187. The van der Waals surface area contributed by atoms with E-state index in [1.807, 2.05) is 41.1 Å². The number of aromatic nitrogens is 4. The highest BCUT2D eigenvalue weighted by Gasteiger charge is 2.33. The summed E-state index contributed by atoms with van der Waals surface area (Å²) in [6.07, 6.45) is 0. The maximum absolute atomic E-state index is 5.76. The maximum atomic E-state index is 5.76. The van der Waals surface area contributed by atoms with Gasteiger partial charge in [-0.25, -0.2) is 4.68 Å². The van der Waals surface area contributed by atoms with Gasteiger partial charge >= 0.3 is 0 Å². The number of hydrogen-bond acceptors (Lipinski definition) is 9. The zero-order chi connectivity index (χ0) is 23.5. The fourth-order valence-corrected chi connectivity index (χ4v) is 4.62. The number of ether oxygens (including phenoxy) is 4. The highest BCUT2D eigenvalue weighted by molar-refractivity contribution is 5.46. The zero-order valence-corrected chi connectivity index (χ0v) is 19.8. The Morgan fingerprint density at radius 1 is 0.971 bits per heavy atom. The van der Waals surface area contributed by atoms with E-state index in [1.54, 1.807) is 14.2 Å². The van der Waals surface area contributed by atoms with Gasteiger partial charge in [-0.05, 0) is 52.9 Å². The number of benzene rings is 2. The molecule has 34 heavy (non-hydrogen) atoms. The van der Waals surface area contributed by atoms with E-state index in [4.69, 9.17) is 18.9 Å². The third-order valence-corrected chi connectivity index (χ3v) is 6.52. The number of tetrazole rings is 1. The van der Waals surface area contributed by atoms with Crippen molar-refractivity contribution in [1.29, 1.82) is 0 Å². The van der Waals surface area contributed by atoms with E-state index < -0.39 is 0 Å². The topological polar surface area (TPSA) is 87.0 Å². The first-order valence-electron chi connectivity index (χ1n) is 11.5. The molecule has 2 aliphatic heterocycles. The maximum Gasteiger partial charge on any atom is 0.231 e. The van der Waals surface area contributed by atoms with Gasteiger partial charge in [0, 0.05) is 31.7 Å². The second-order valence-corrected chi connectivity index (χ2v) is 8.36. The summed E-state index contributed by atoms with van der Waals surface area (Å²) in [4.78, 5) is 4.87. The molecule has 10 nitrogen and oxygen atoms in total. The van der Waals surface area contributed by atoms with Crippen molar-refractivity contribution in [2.75, 3.05) is 53.7 Å². The van der Waals surface area contributed by atoms with Crippen LogP contribution >= 0.6 is 0 Å². The fraction of sp³-hybridized carbons (Fsp3) is 0.458. The van der Waals surface area contributed by atoms with Gasteiger partial charge in [0.2, 0.25) is 6.79 Å². The van der Waals surface area contributed by atoms with Gasteiger partial charge in [0.05, 0.1) is 20.8 Å². The van der Waals surface area contributed by atoms with Crippen molar-refractivity contribution in [2.24, 2.45) is 0 Å². The summed E-state index contributed by atoms with van der Waals surface area (Å²) in [6.45, 7) is 7.78. The first-order chi connectivity index (χ1) is 16.7. The third-order valence-electron chi connectivity index (χ3n) is 6.52. The molecule has 1 atom stereocenters. The van der Waals surface area contributed by atoms with Crippen molar-refractivity contribution in [2.45, 2.75) is 19.5 Å². The molecule has 10 heteroatoms. The van der Waals surface area contributed by atoms with Gasteiger partial charge in [-0.15, -0.1) is 5.10 Å². The normalized spacial score (nSPS) is 17.0. The summed E-state index contributed by atoms with van der Waals surface area (Å²) in [5, 5.41) is 12.9. The largest absolute Gasteiger partial charge is 0.497 e. The van der Waals surface area contributed by atoms with Crippen LogP contribution in [0.4, 0.5) is 0 Å². The predicted octanol–water partition coefficient (Wildman–Crippen LogP) is 2.19. The van der Waals surface area contributed by atoms with Gasteiger partial charge in [0.1, 0.15) is 17.5 Å². The molecule has 3 heterocycles. The fourth-order valence-electron chi connectivity index (χ4n) is 4.62. The zero-order valence-electron chi connectivity index (χ0n) is 19.8. The highest BCUT2D eigenvalue weighted by Crippen LogP contribution is 2.37. The molecule has 0 bridgehead atoms. The average Bonchev–Trinajstić information content (AvgIpc) is 3.54. The number of piperazine rings is 1. The van der Waals surface area contributed by atoms with Crippen molar-refractivity contribution < 1.29 is 18.9 Å². The number of nitrogens with zero attached hydrogens (tertiary/aromatic N) is 6. The number of rotatable bonds is 8. The number of fused-ring (bicyclic) bond motifs is 1. The molecule has 0 amide bonds. The molecule has 0 N–H and O–H groups in total. The van der Waals surface area contributed by atoms with Crippen molar-refractivity contribution >= 4 is 0 Å². The Kier molecular flexibility index (Phi) is 6.50. The second-order valence-electron chi connectivity index (χ2n) is 8.36. The molecule has 180 valence electrons. The molecule has 2 aromatic carbocycles. The summed E-state index contributed by atoms with van der Waals surface area (Å²) in [7, 11) is 3.36. The Bertz CT molecular complexity index is 1130. The van der Waals surface area contributed by atoms with Crippen LogP contribution in [0.3, 0.4) is 0 Å². The number of likely N-dealkylation sites (N-methyl/N-ethyl adjacent to an activating group) is 1. The summed E-state index contributed by atoms with van der Waals surface area (Å²) in [5.74, 6) is 3.81. The summed E-state index contributed by atoms with van der Waals surface area (Å²) >= 11 is 0. The first kappa shape index (κ1) is 22.4. The van der Waals surface area contributed by atoms with Gasteiger partial charge in [-0.3, -0.25) is 4.90 Å². The van der Waals surface area contributed by atoms with Crippen molar-refractivity contribution in [3.63, 3.8) is 0 Å². The van der Waals surface area contributed by atoms with Gasteiger partial charge in [-0.1, -0.05) is 13.0 Å². The Morgan fingerprint density at radius 3 is 2.56 bits per heavy atom. The first-order valence-corrected chi connectivity index (χ1v) is 11.5. The molecule has 2 aliphatic rings. The Morgan fingerprint density at radius 2 is 1.79 bits per heavy atom. The van der Waals surface area contributed by atoms with E-state index in [1.165, 1.54) is 0 Å². The van der Waals surface area contributed by atoms with Crippen LogP contribution in [0.5, 0.6) is 23.0 Å². The summed E-state index contributed by atoms with van der Waals surface area (Å²) in [5.41, 5.74) is 2.01. The van der Waals surface area contributed by atoms with Crippen molar-refractivity contribution in [1.82, 2.24) is 30.0 Å². The number of methoxy groups -OCH3 is 2. The van der Waals surface area contributed by atoms with E-state index >= 15 is 0 Å². The molecule has 0 radical (unpaired) electrons. The average molecular weight is 467 g/mol. The van der Waals surface area contributed by atoms with Crippen LogP contribution in [-0.4, -0.2) is 83.7 Å². The predicted molar refractivity (Wildman–Crippen MR) is 125 cm³/mol. The molecule has 0 unspecified atom stereocenters. The van der Waals surface area contributed by atoms with Crippen LogP contribution < -0.4 is 18.9 Å². The molecular weight excluding hydrogens is 436 g/mol. The molecule has 0 spiro atoms. The van der Waals surface area contributed by atoms with E-state index in [9.17, 15) is 0 Å². The third kappa shape index (κ3) is 4.38. The summed E-state index contributed by atoms with van der Waals surface area (Å²) in [6, 6.07) is 11.6. The standard InChI is InChI=1S/C24H30N6O4/c1-4-28-9-11-29(12-10-28)23(19-14-18(31-2)6-8-20(19)32-3)24-25-26-27-30(24)15-17-5-7-21-22(13-17)34-16-33-21/h5-8,13-14,23H,4,9-12,15-16H2,1-3H3/t23-/m1/s1. The van der Waals surface area contributed by atoms with E-state index in [0.29, 0.717) is 6.54 Å². The molecule has 1 aromatic heterocycles. The monoisotopic (exact) mass is 466 g/mol. The van der Waals surface area contributed by atoms with E-state index in [-0.39, 0.29) is 12.8 Å². The lowest BCUT2D eigenvalue weighted by molar-refractivity contribution is 0.107. The molecule has 0 aliphatic carbocycles. The molecule has 3 aromatic rings. The van der Waals surface area contributed by atoms with E-state index in [2.05, 4.69) is 32.2 Å². The van der Waals surface area contributed by atoms with Crippen LogP contribution in [-0.2, 0) is 6.54 Å². The van der Waals surface area contributed by atoms with Crippen molar-refractivity contribution in [3.05, 3.63) is 53.3 Å². The van der Waals surface area contributed by atoms with Gasteiger partial charge in [0.15, 0.2) is 17.3 Å². The highest BCUT2D eigenvalue weighted by atomic mass is 16.7. The molecule has 1 saturated heterocycles. The van der Waals surface area contributed by atoms with E-state index in [0.717, 1.165) is 72.7 Å². The smallest absolute Gasteiger partial charge is 0.231 e. The minimum atomic E-state index is -0.187. The molecule has 0 saturated carbocycles. The molecular formula is C24H30N6O4. The van der Waals surface area contributed by atoms with Gasteiger partial charge < -0.3 is 23.8 Å². The lowest BCUT2D eigenvalue weighted by atomic mass is 10.0. The van der Waals surface area contributed by atoms with Crippen LogP contribution in [0.15, 0.2) is 36.4 Å². The number of hydrogen-bond donors (Lipinski definition) is 0. The lowest BCUT2D eigenvalue weighted by Crippen LogP contribution is -2.48. The van der Waals surface area contributed by atoms with Crippen LogP contribution in [0, 0.1) is 0 Å². The molecule has 5 rings (SSSR count). The quantitative estimate of drug-likeness (QED) is 0.496.